The second-order valence-electron chi connectivity index (χ2n) is 6.37. The molecular formula is C17H22N4O4. The van der Waals surface area contributed by atoms with E-state index in [1.54, 1.807) is 0 Å². The standard InChI is InChI=1S/C17H22N4O4/c1-11-15(12(2)25-20-11)7-17(23)21-3-4-24-9-13(8-21)5-14-6-16(22)19-10-18-14/h6,10,13H,3-5,7-9H2,1-2H3,(H,18,19,22). The van der Waals surface area contributed by atoms with Crippen LogP contribution in [0, 0.1) is 19.8 Å². The summed E-state index contributed by atoms with van der Waals surface area (Å²) in [5, 5.41) is 3.90. The molecule has 3 rings (SSSR count). The molecule has 2 aromatic rings. The maximum atomic E-state index is 12.7. The smallest absolute Gasteiger partial charge is 0.250 e. The van der Waals surface area contributed by atoms with Gasteiger partial charge in [-0.15, -0.1) is 0 Å². The van der Waals surface area contributed by atoms with Crippen LogP contribution in [0.15, 0.2) is 21.7 Å². The lowest BCUT2D eigenvalue weighted by atomic mass is 10.0. The Kier molecular flexibility index (Phi) is 5.28. The minimum absolute atomic E-state index is 0.0313. The monoisotopic (exact) mass is 346 g/mol. The van der Waals surface area contributed by atoms with Crippen molar-refractivity contribution in [3.8, 4) is 0 Å². The van der Waals surface area contributed by atoms with Crippen molar-refractivity contribution in [3.05, 3.63) is 45.5 Å². The van der Waals surface area contributed by atoms with E-state index in [1.165, 1.54) is 12.4 Å². The van der Waals surface area contributed by atoms with Crippen molar-refractivity contribution in [2.45, 2.75) is 26.7 Å². The number of hydrogen-bond acceptors (Lipinski definition) is 6. The molecule has 3 heterocycles. The van der Waals surface area contributed by atoms with Gasteiger partial charge in [0.15, 0.2) is 0 Å². The Morgan fingerprint density at radius 3 is 3.00 bits per heavy atom. The summed E-state index contributed by atoms with van der Waals surface area (Å²) < 4.78 is 10.8. The van der Waals surface area contributed by atoms with E-state index in [0.717, 1.165) is 11.3 Å². The lowest BCUT2D eigenvalue weighted by Crippen LogP contribution is -2.37. The molecule has 0 radical (unpaired) electrons. The number of amides is 1. The molecule has 1 fully saturated rings. The topological polar surface area (TPSA) is 101 Å². The van der Waals surface area contributed by atoms with E-state index in [2.05, 4.69) is 15.1 Å². The normalized spacial score (nSPS) is 18.2. The first-order valence-corrected chi connectivity index (χ1v) is 8.34. The van der Waals surface area contributed by atoms with Crippen LogP contribution in [0.4, 0.5) is 0 Å². The largest absolute Gasteiger partial charge is 0.379 e. The Morgan fingerprint density at radius 1 is 1.44 bits per heavy atom. The molecular weight excluding hydrogens is 324 g/mol. The van der Waals surface area contributed by atoms with Crippen LogP contribution in [0.3, 0.4) is 0 Å². The van der Waals surface area contributed by atoms with Crippen molar-refractivity contribution in [2.75, 3.05) is 26.3 Å². The highest BCUT2D eigenvalue weighted by atomic mass is 16.5. The average Bonchev–Trinajstić information content (AvgIpc) is 2.78. The number of nitrogens with zero attached hydrogens (tertiary/aromatic N) is 3. The van der Waals surface area contributed by atoms with Crippen LogP contribution in [-0.4, -0.2) is 52.2 Å². The molecule has 8 heteroatoms. The number of aryl methyl sites for hydroxylation is 2. The number of nitrogens with one attached hydrogen (secondary N) is 1. The molecule has 25 heavy (non-hydrogen) atoms. The number of carbonyl (C=O) groups is 1. The van der Waals surface area contributed by atoms with Gasteiger partial charge in [0.25, 0.3) is 5.56 Å². The Hall–Kier alpha value is -2.48. The molecule has 0 aromatic carbocycles. The fraction of sp³-hybridized carbons (Fsp3) is 0.529. The van der Waals surface area contributed by atoms with Gasteiger partial charge in [0, 0.05) is 36.3 Å². The molecule has 0 bridgehead atoms. The summed E-state index contributed by atoms with van der Waals surface area (Å²) in [6, 6.07) is 1.49. The van der Waals surface area contributed by atoms with Crippen molar-refractivity contribution in [3.63, 3.8) is 0 Å². The van der Waals surface area contributed by atoms with Gasteiger partial charge in [-0.3, -0.25) is 9.59 Å². The van der Waals surface area contributed by atoms with E-state index in [1.807, 2.05) is 18.7 Å². The van der Waals surface area contributed by atoms with E-state index >= 15 is 0 Å². The second kappa shape index (κ2) is 7.60. The first-order chi connectivity index (χ1) is 12.0. The lowest BCUT2D eigenvalue weighted by molar-refractivity contribution is -0.130. The summed E-state index contributed by atoms with van der Waals surface area (Å²) in [6.45, 7) is 5.84. The minimum atomic E-state index is -0.175. The summed E-state index contributed by atoms with van der Waals surface area (Å²) >= 11 is 0. The minimum Gasteiger partial charge on any atom is -0.379 e. The Labute approximate surface area is 145 Å². The molecule has 8 nitrogen and oxygen atoms in total. The SMILES string of the molecule is Cc1noc(C)c1CC(=O)N1CCOCC(Cc2cc(=O)[nH]cn2)C1. The maximum Gasteiger partial charge on any atom is 0.250 e. The van der Waals surface area contributed by atoms with Gasteiger partial charge in [-0.1, -0.05) is 5.16 Å². The number of ether oxygens (including phenoxy) is 1. The number of aromatic nitrogens is 3. The van der Waals surface area contributed by atoms with Gasteiger partial charge in [-0.2, -0.15) is 0 Å². The summed E-state index contributed by atoms with van der Waals surface area (Å²) in [6.07, 6.45) is 2.27. The number of hydrogen-bond donors (Lipinski definition) is 1. The second-order valence-corrected chi connectivity index (χ2v) is 6.37. The van der Waals surface area contributed by atoms with Crippen LogP contribution in [-0.2, 0) is 22.4 Å². The molecule has 1 amide bonds. The highest BCUT2D eigenvalue weighted by molar-refractivity contribution is 5.79. The number of H-pyrrole nitrogens is 1. The van der Waals surface area contributed by atoms with E-state index in [0.29, 0.717) is 44.2 Å². The van der Waals surface area contributed by atoms with Crippen LogP contribution in [0.5, 0.6) is 0 Å². The predicted molar refractivity (Wildman–Crippen MR) is 89.1 cm³/mol. The van der Waals surface area contributed by atoms with Gasteiger partial charge in [0.2, 0.25) is 5.91 Å². The molecule has 0 saturated carbocycles. The fourth-order valence-electron chi connectivity index (χ4n) is 3.06. The highest BCUT2D eigenvalue weighted by Gasteiger charge is 2.25. The van der Waals surface area contributed by atoms with Gasteiger partial charge < -0.3 is 19.1 Å². The summed E-state index contributed by atoms with van der Waals surface area (Å²) in [5.41, 5.74) is 2.13. The third-order valence-electron chi connectivity index (χ3n) is 4.43. The first kappa shape index (κ1) is 17.3. The van der Waals surface area contributed by atoms with Crippen molar-refractivity contribution >= 4 is 5.91 Å². The van der Waals surface area contributed by atoms with E-state index in [4.69, 9.17) is 9.26 Å². The third-order valence-corrected chi connectivity index (χ3v) is 4.43. The Morgan fingerprint density at radius 2 is 2.28 bits per heavy atom. The van der Waals surface area contributed by atoms with E-state index in [-0.39, 0.29) is 23.8 Å². The zero-order valence-corrected chi connectivity index (χ0v) is 14.4. The summed E-state index contributed by atoms with van der Waals surface area (Å²) in [7, 11) is 0. The Balaban J connectivity index is 1.67. The van der Waals surface area contributed by atoms with Crippen LogP contribution < -0.4 is 5.56 Å². The zero-order valence-electron chi connectivity index (χ0n) is 14.4. The van der Waals surface area contributed by atoms with Gasteiger partial charge in [-0.05, 0) is 20.3 Å². The Bertz CT molecular complexity index is 778. The summed E-state index contributed by atoms with van der Waals surface area (Å²) in [4.78, 5) is 32.6. The van der Waals surface area contributed by atoms with Crippen LogP contribution >= 0.6 is 0 Å². The van der Waals surface area contributed by atoms with Crippen molar-refractivity contribution in [2.24, 2.45) is 5.92 Å². The van der Waals surface area contributed by atoms with Gasteiger partial charge in [0.1, 0.15) is 5.76 Å². The van der Waals surface area contributed by atoms with Crippen molar-refractivity contribution in [1.82, 2.24) is 20.0 Å². The first-order valence-electron chi connectivity index (χ1n) is 8.34. The quantitative estimate of drug-likeness (QED) is 0.871. The van der Waals surface area contributed by atoms with Crippen molar-refractivity contribution < 1.29 is 14.1 Å². The molecule has 1 unspecified atom stereocenters. The highest BCUT2D eigenvalue weighted by Crippen LogP contribution is 2.17. The number of carbonyl (C=O) groups excluding carboxylic acids is 1. The van der Waals surface area contributed by atoms with Crippen molar-refractivity contribution in [1.29, 1.82) is 0 Å². The van der Waals surface area contributed by atoms with Gasteiger partial charge in [-0.25, -0.2) is 4.98 Å². The van der Waals surface area contributed by atoms with Gasteiger partial charge >= 0.3 is 0 Å². The molecule has 0 spiro atoms. The molecule has 1 aliphatic heterocycles. The lowest BCUT2D eigenvalue weighted by Gasteiger charge is -2.23. The summed E-state index contributed by atoms with van der Waals surface area (Å²) in [5.74, 6) is 0.815. The molecule has 134 valence electrons. The zero-order chi connectivity index (χ0) is 17.8. The van der Waals surface area contributed by atoms with Crippen LogP contribution in [0.1, 0.15) is 22.7 Å². The van der Waals surface area contributed by atoms with Gasteiger partial charge in [0.05, 0.1) is 31.7 Å². The molecule has 0 aliphatic carbocycles. The fourth-order valence-corrected chi connectivity index (χ4v) is 3.06. The number of aromatic amines is 1. The maximum absolute atomic E-state index is 12.7. The van der Waals surface area contributed by atoms with E-state index in [9.17, 15) is 9.59 Å². The molecule has 1 atom stereocenters. The molecule has 1 N–H and O–H groups in total. The predicted octanol–water partition coefficient (Wildman–Crippen LogP) is 0.635. The van der Waals surface area contributed by atoms with Crippen LogP contribution in [0.2, 0.25) is 0 Å². The van der Waals surface area contributed by atoms with Crippen LogP contribution in [0.25, 0.3) is 0 Å². The molecule has 1 aliphatic rings. The average molecular weight is 346 g/mol. The molecule has 2 aromatic heterocycles. The van der Waals surface area contributed by atoms with E-state index < -0.39 is 0 Å². The molecule has 1 saturated heterocycles. The third kappa shape index (κ3) is 4.33. The number of rotatable bonds is 4.